The molecule has 1 aromatic rings. The van der Waals surface area contributed by atoms with E-state index in [2.05, 4.69) is 20.9 Å². The van der Waals surface area contributed by atoms with Crippen LogP contribution in [0.2, 0.25) is 0 Å². The lowest BCUT2D eigenvalue weighted by molar-refractivity contribution is -0.119. The molecule has 0 radical (unpaired) electrons. The predicted octanol–water partition coefficient (Wildman–Crippen LogP) is -0.854. The Bertz CT molecular complexity index is 310. The number of rotatable bonds is 5. The number of aromatic nitrogens is 3. The van der Waals surface area contributed by atoms with Gasteiger partial charge in [-0.15, -0.1) is 5.10 Å². The van der Waals surface area contributed by atoms with Gasteiger partial charge in [-0.05, 0) is 6.42 Å². The van der Waals surface area contributed by atoms with Gasteiger partial charge in [0.15, 0.2) is 0 Å². The summed E-state index contributed by atoms with van der Waals surface area (Å²) in [7, 11) is 0. The molecule has 1 saturated heterocycles. The van der Waals surface area contributed by atoms with Crippen molar-refractivity contribution >= 4 is 5.91 Å². The third kappa shape index (κ3) is 3.02. The van der Waals surface area contributed by atoms with Gasteiger partial charge in [0.05, 0.1) is 12.7 Å². The largest absolute Gasteiger partial charge is 0.352 e. The summed E-state index contributed by atoms with van der Waals surface area (Å²) >= 11 is 0. The summed E-state index contributed by atoms with van der Waals surface area (Å²) in [4.78, 5) is 10.9. The number of nitrogens with one attached hydrogen (secondary N) is 2. The molecular formula is C9H15N5O. The van der Waals surface area contributed by atoms with E-state index in [4.69, 9.17) is 0 Å². The highest BCUT2D eigenvalue weighted by Crippen LogP contribution is 2.04. The van der Waals surface area contributed by atoms with E-state index in [1.54, 1.807) is 10.9 Å². The third-order valence-electron chi connectivity index (χ3n) is 2.47. The van der Waals surface area contributed by atoms with E-state index in [9.17, 15) is 4.79 Å². The fourth-order valence-corrected chi connectivity index (χ4v) is 1.65. The first kappa shape index (κ1) is 10.1. The fourth-order valence-electron chi connectivity index (χ4n) is 1.65. The Labute approximate surface area is 88.0 Å². The van der Waals surface area contributed by atoms with E-state index in [0.29, 0.717) is 12.5 Å². The average Bonchev–Trinajstić information content (AvgIpc) is 2.84. The van der Waals surface area contributed by atoms with Crippen molar-refractivity contribution in [1.82, 2.24) is 25.6 Å². The Morgan fingerprint density at radius 2 is 2.60 bits per heavy atom. The SMILES string of the molecule is O=C1CCC(CNCCn2ccnn2)N1. The van der Waals surface area contributed by atoms with Crippen molar-refractivity contribution in [3.63, 3.8) is 0 Å². The number of hydrogen-bond acceptors (Lipinski definition) is 4. The number of hydrogen-bond donors (Lipinski definition) is 2. The highest BCUT2D eigenvalue weighted by Gasteiger charge is 2.19. The van der Waals surface area contributed by atoms with Crippen LogP contribution in [0.5, 0.6) is 0 Å². The Hall–Kier alpha value is -1.43. The predicted molar refractivity (Wildman–Crippen MR) is 54.1 cm³/mol. The van der Waals surface area contributed by atoms with Gasteiger partial charge >= 0.3 is 0 Å². The van der Waals surface area contributed by atoms with E-state index < -0.39 is 0 Å². The van der Waals surface area contributed by atoms with Crippen LogP contribution in [0.25, 0.3) is 0 Å². The van der Waals surface area contributed by atoms with Crippen LogP contribution in [-0.2, 0) is 11.3 Å². The molecule has 2 heterocycles. The maximum Gasteiger partial charge on any atom is 0.220 e. The second-order valence-corrected chi connectivity index (χ2v) is 3.67. The monoisotopic (exact) mass is 209 g/mol. The molecule has 2 rings (SSSR count). The van der Waals surface area contributed by atoms with E-state index in [-0.39, 0.29) is 5.91 Å². The van der Waals surface area contributed by atoms with Crippen LogP contribution in [0.4, 0.5) is 0 Å². The molecule has 1 aliphatic heterocycles. The molecule has 0 saturated carbocycles. The van der Waals surface area contributed by atoms with Gasteiger partial charge < -0.3 is 10.6 Å². The lowest BCUT2D eigenvalue weighted by Gasteiger charge is -2.10. The smallest absolute Gasteiger partial charge is 0.220 e. The lowest BCUT2D eigenvalue weighted by Crippen LogP contribution is -2.36. The first-order chi connectivity index (χ1) is 7.34. The molecule has 82 valence electrons. The minimum absolute atomic E-state index is 0.165. The van der Waals surface area contributed by atoms with Crippen molar-refractivity contribution in [3.05, 3.63) is 12.4 Å². The normalized spacial score (nSPS) is 20.5. The van der Waals surface area contributed by atoms with Gasteiger partial charge in [-0.1, -0.05) is 5.21 Å². The zero-order valence-corrected chi connectivity index (χ0v) is 8.52. The number of nitrogens with zero attached hydrogens (tertiary/aromatic N) is 3. The number of amides is 1. The van der Waals surface area contributed by atoms with Gasteiger partial charge in [0.2, 0.25) is 5.91 Å². The van der Waals surface area contributed by atoms with Gasteiger partial charge in [0, 0.05) is 31.7 Å². The molecule has 0 aliphatic carbocycles. The number of carbonyl (C=O) groups excluding carboxylic acids is 1. The van der Waals surface area contributed by atoms with Crippen LogP contribution in [0.15, 0.2) is 12.4 Å². The maximum atomic E-state index is 10.9. The second-order valence-electron chi connectivity index (χ2n) is 3.67. The third-order valence-corrected chi connectivity index (χ3v) is 2.47. The Morgan fingerprint density at radius 1 is 1.67 bits per heavy atom. The van der Waals surface area contributed by atoms with Gasteiger partial charge in [0.25, 0.3) is 0 Å². The van der Waals surface area contributed by atoms with E-state index >= 15 is 0 Å². The van der Waals surface area contributed by atoms with Gasteiger partial charge in [0.1, 0.15) is 0 Å². The zero-order valence-electron chi connectivity index (χ0n) is 8.52. The molecular weight excluding hydrogens is 194 g/mol. The van der Waals surface area contributed by atoms with Gasteiger partial charge in [-0.2, -0.15) is 0 Å². The molecule has 0 aromatic carbocycles. The first-order valence-corrected chi connectivity index (χ1v) is 5.19. The summed E-state index contributed by atoms with van der Waals surface area (Å²) in [5.74, 6) is 0.165. The molecule has 0 bridgehead atoms. The highest BCUT2D eigenvalue weighted by atomic mass is 16.1. The molecule has 1 aliphatic rings. The van der Waals surface area contributed by atoms with Crippen molar-refractivity contribution in [2.45, 2.75) is 25.4 Å². The molecule has 15 heavy (non-hydrogen) atoms. The molecule has 1 atom stereocenters. The van der Waals surface area contributed by atoms with E-state index in [1.807, 2.05) is 6.20 Å². The summed E-state index contributed by atoms with van der Waals surface area (Å²) in [6.07, 6.45) is 5.10. The van der Waals surface area contributed by atoms with Crippen LogP contribution < -0.4 is 10.6 Å². The molecule has 0 spiro atoms. The van der Waals surface area contributed by atoms with Crippen molar-refractivity contribution in [3.8, 4) is 0 Å². The highest BCUT2D eigenvalue weighted by molar-refractivity contribution is 5.78. The summed E-state index contributed by atoms with van der Waals surface area (Å²) in [5, 5.41) is 13.8. The Balaban J connectivity index is 1.57. The molecule has 2 N–H and O–H groups in total. The topological polar surface area (TPSA) is 71.8 Å². The Kier molecular flexibility index (Phi) is 3.29. The fraction of sp³-hybridized carbons (Fsp3) is 0.667. The summed E-state index contributed by atoms with van der Waals surface area (Å²) in [6.45, 7) is 2.48. The molecule has 1 fully saturated rings. The van der Waals surface area contributed by atoms with Crippen LogP contribution in [0.1, 0.15) is 12.8 Å². The van der Waals surface area contributed by atoms with Crippen LogP contribution >= 0.6 is 0 Å². The zero-order chi connectivity index (χ0) is 10.5. The van der Waals surface area contributed by atoms with E-state index in [0.717, 1.165) is 26.1 Å². The molecule has 6 nitrogen and oxygen atoms in total. The van der Waals surface area contributed by atoms with Gasteiger partial charge in [-0.3, -0.25) is 9.48 Å². The molecule has 6 heteroatoms. The average molecular weight is 209 g/mol. The lowest BCUT2D eigenvalue weighted by atomic mass is 10.2. The van der Waals surface area contributed by atoms with Crippen molar-refractivity contribution in [2.75, 3.05) is 13.1 Å². The van der Waals surface area contributed by atoms with Gasteiger partial charge in [-0.25, -0.2) is 0 Å². The minimum atomic E-state index is 0.165. The van der Waals surface area contributed by atoms with Crippen molar-refractivity contribution in [2.24, 2.45) is 0 Å². The first-order valence-electron chi connectivity index (χ1n) is 5.19. The quantitative estimate of drug-likeness (QED) is 0.619. The Morgan fingerprint density at radius 3 is 3.27 bits per heavy atom. The number of carbonyl (C=O) groups is 1. The van der Waals surface area contributed by atoms with Crippen LogP contribution in [-0.4, -0.2) is 40.0 Å². The summed E-state index contributed by atoms with van der Waals surface area (Å²) in [6, 6.07) is 0.299. The van der Waals surface area contributed by atoms with Crippen LogP contribution in [0, 0.1) is 0 Å². The van der Waals surface area contributed by atoms with Crippen molar-refractivity contribution in [1.29, 1.82) is 0 Å². The minimum Gasteiger partial charge on any atom is -0.352 e. The molecule has 1 amide bonds. The van der Waals surface area contributed by atoms with E-state index in [1.165, 1.54) is 0 Å². The summed E-state index contributed by atoms with van der Waals surface area (Å²) in [5.41, 5.74) is 0. The van der Waals surface area contributed by atoms with Crippen molar-refractivity contribution < 1.29 is 4.79 Å². The van der Waals surface area contributed by atoms with Crippen LogP contribution in [0.3, 0.4) is 0 Å². The second kappa shape index (κ2) is 4.88. The standard InChI is InChI=1S/C9H15N5O/c15-9-2-1-8(12-9)7-10-3-5-14-6-4-11-13-14/h4,6,8,10H,1-3,5,7H2,(H,12,15). The maximum absolute atomic E-state index is 10.9. The summed E-state index contributed by atoms with van der Waals surface area (Å²) < 4.78 is 1.78. The molecule has 1 unspecified atom stereocenters. The molecule has 1 aromatic heterocycles.